The van der Waals surface area contributed by atoms with E-state index in [0.29, 0.717) is 27.2 Å². The Bertz CT molecular complexity index is 803. The van der Waals surface area contributed by atoms with Crippen molar-refractivity contribution >= 4 is 40.8 Å². The summed E-state index contributed by atoms with van der Waals surface area (Å²) < 4.78 is 15.4. The summed E-state index contributed by atoms with van der Waals surface area (Å²) in [4.78, 5) is 24.6. The molecule has 0 saturated heterocycles. The molecule has 0 aliphatic heterocycles. The molecule has 2 rings (SSSR count). The summed E-state index contributed by atoms with van der Waals surface area (Å²) >= 11 is 11.9. The second-order valence-corrected chi connectivity index (χ2v) is 6.11. The number of benzene rings is 2. The molecule has 0 heterocycles. The van der Waals surface area contributed by atoms with E-state index in [1.54, 1.807) is 18.2 Å². The lowest BCUT2D eigenvalue weighted by Gasteiger charge is -2.15. The Balaban J connectivity index is 2.08. The number of nitrogens with one attached hydrogen (secondary N) is 1. The molecule has 0 aliphatic carbocycles. The predicted molar refractivity (Wildman–Crippen MR) is 99.5 cm³/mol. The third-order valence-corrected chi connectivity index (χ3v) is 3.99. The number of halogens is 2. The summed E-state index contributed by atoms with van der Waals surface area (Å²) in [6.45, 7) is 1.45. The number of rotatable bonds is 6. The summed E-state index contributed by atoms with van der Waals surface area (Å²) in [5.74, 6) is -0.377. The van der Waals surface area contributed by atoms with E-state index in [1.165, 1.54) is 39.3 Å². The van der Waals surface area contributed by atoms with E-state index in [-0.39, 0.29) is 5.56 Å². The van der Waals surface area contributed by atoms with Gasteiger partial charge < -0.3 is 19.5 Å². The van der Waals surface area contributed by atoms with Crippen LogP contribution in [-0.4, -0.2) is 32.2 Å². The second-order valence-electron chi connectivity index (χ2n) is 5.26. The quantitative estimate of drug-likeness (QED) is 0.739. The standard InChI is InChI=1S/C18H17Cl2NO5/c1-10(17(22)21-16-8-12(19)4-5-15(16)20)26-18(23)11-6-13(24-2)9-14(7-11)25-3/h4-10H,1-3H3,(H,21,22)/t10-/m1/s1. The third-order valence-electron chi connectivity index (χ3n) is 3.43. The van der Waals surface area contributed by atoms with Crippen LogP contribution < -0.4 is 14.8 Å². The molecular formula is C18H17Cl2NO5. The Labute approximate surface area is 160 Å². The van der Waals surface area contributed by atoms with Crippen molar-refractivity contribution in [3.63, 3.8) is 0 Å². The van der Waals surface area contributed by atoms with Gasteiger partial charge in [-0.05, 0) is 37.3 Å². The van der Waals surface area contributed by atoms with Gasteiger partial charge in [-0.15, -0.1) is 0 Å². The average Bonchev–Trinajstić information content (AvgIpc) is 2.63. The number of carbonyl (C=O) groups excluding carboxylic acids is 2. The SMILES string of the molecule is COc1cc(OC)cc(C(=O)O[C@H](C)C(=O)Nc2cc(Cl)ccc2Cl)c1. The zero-order valence-electron chi connectivity index (χ0n) is 14.3. The first-order chi connectivity index (χ1) is 12.3. The number of methoxy groups -OCH3 is 2. The van der Waals surface area contributed by atoms with Gasteiger partial charge in [-0.3, -0.25) is 4.79 Å². The summed E-state index contributed by atoms with van der Waals surface area (Å²) in [5.41, 5.74) is 0.525. The number of amides is 1. The van der Waals surface area contributed by atoms with Crippen molar-refractivity contribution in [3.8, 4) is 11.5 Å². The topological polar surface area (TPSA) is 73.9 Å². The van der Waals surface area contributed by atoms with Crippen LogP contribution >= 0.6 is 23.2 Å². The number of hydrogen-bond acceptors (Lipinski definition) is 5. The predicted octanol–water partition coefficient (Wildman–Crippen LogP) is 4.19. The Morgan fingerprint density at radius 1 is 1.00 bits per heavy atom. The molecule has 2 aromatic carbocycles. The number of anilines is 1. The minimum Gasteiger partial charge on any atom is -0.497 e. The maximum atomic E-state index is 12.3. The number of ether oxygens (including phenoxy) is 3. The summed E-state index contributed by atoms with van der Waals surface area (Å²) in [7, 11) is 2.93. The summed E-state index contributed by atoms with van der Waals surface area (Å²) in [5, 5.41) is 3.30. The molecule has 1 amide bonds. The molecule has 0 spiro atoms. The van der Waals surface area contributed by atoms with Gasteiger partial charge in [0.15, 0.2) is 6.10 Å². The minimum absolute atomic E-state index is 0.196. The van der Waals surface area contributed by atoms with Crippen LogP contribution in [0.2, 0.25) is 10.0 Å². The van der Waals surface area contributed by atoms with Crippen molar-refractivity contribution in [1.29, 1.82) is 0 Å². The van der Waals surface area contributed by atoms with Crippen LogP contribution in [0, 0.1) is 0 Å². The van der Waals surface area contributed by atoms with Gasteiger partial charge in [0, 0.05) is 11.1 Å². The number of esters is 1. The minimum atomic E-state index is -1.06. The van der Waals surface area contributed by atoms with Crippen LogP contribution in [0.4, 0.5) is 5.69 Å². The molecular weight excluding hydrogens is 381 g/mol. The van der Waals surface area contributed by atoms with Crippen LogP contribution in [0.25, 0.3) is 0 Å². The van der Waals surface area contributed by atoms with Crippen LogP contribution in [0.3, 0.4) is 0 Å². The Kier molecular flexibility index (Phi) is 6.71. The van der Waals surface area contributed by atoms with Crippen molar-refractivity contribution in [3.05, 3.63) is 52.0 Å². The smallest absolute Gasteiger partial charge is 0.339 e. The molecule has 2 aromatic rings. The number of hydrogen-bond donors (Lipinski definition) is 1. The van der Waals surface area contributed by atoms with E-state index < -0.39 is 18.0 Å². The average molecular weight is 398 g/mol. The molecule has 8 heteroatoms. The van der Waals surface area contributed by atoms with Gasteiger partial charge in [-0.2, -0.15) is 0 Å². The van der Waals surface area contributed by atoms with Gasteiger partial charge in [0.05, 0.1) is 30.5 Å². The van der Waals surface area contributed by atoms with Gasteiger partial charge in [0.1, 0.15) is 11.5 Å². The Morgan fingerprint density at radius 3 is 2.19 bits per heavy atom. The van der Waals surface area contributed by atoms with Gasteiger partial charge in [0.2, 0.25) is 0 Å². The zero-order valence-corrected chi connectivity index (χ0v) is 15.9. The molecule has 138 valence electrons. The highest BCUT2D eigenvalue weighted by Gasteiger charge is 2.21. The molecule has 0 aliphatic rings. The third kappa shape index (κ3) is 5.03. The Hall–Kier alpha value is -2.44. The lowest BCUT2D eigenvalue weighted by Crippen LogP contribution is -2.30. The summed E-state index contributed by atoms with van der Waals surface area (Å²) in [6, 6.07) is 9.25. The maximum absolute atomic E-state index is 12.3. The molecule has 0 radical (unpaired) electrons. The second kappa shape index (κ2) is 8.78. The van der Waals surface area contributed by atoms with Gasteiger partial charge in [-0.25, -0.2) is 4.79 Å². The fourth-order valence-corrected chi connectivity index (χ4v) is 2.37. The first kappa shape index (κ1) is 19.9. The largest absolute Gasteiger partial charge is 0.497 e. The van der Waals surface area contributed by atoms with Crippen molar-refractivity contribution < 1.29 is 23.8 Å². The van der Waals surface area contributed by atoms with Gasteiger partial charge >= 0.3 is 5.97 Å². The van der Waals surface area contributed by atoms with E-state index in [2.05, 4.69) is 5.32 Å². The molecule has 0 aromatic heterocycles. The van der Waals surface area contributed by atoms with Crippen molar-refractivity contribution in [2.24, 2.45) is 0 Å². The van der Waals surface area contributed by atoms with Crippen molar-refractivity contribution in [2.45, 2.75) is 13.0 Å². The lowest BCUT2D eigenvalue weighted by molar-refractivity contribution is -0.123. The van der Waals surface area contributed by atoms with Crippen LogP contribution in [0.15, 0.2) is 36.4 Å². The van der Waals surface area contributed by atoms with E-state index in [0.717, 1.165) is 0 Å². The van der Waals surface area contributed by atoms with Crippen LogP contribution in [0.1, 0.15) is 17.3 Å². The Morgan fingerprint density at radius 2 is 1.62 bits per heavy atom. The van der Waals surface area contributed by atoms with Gasteiger partial charge in [0.25, 0.3) is 5.91 Å². The molecule has 0 bridgehead atoms. The van der Waals surface area contributed by atoms with Gasteiger partial charge in [-0.1, -0.05) is 23.2 Å². The molecule has 1 atom stereocenters. The normalized spacial score (nSPS) is 11.4. The summed E-state index contributed by atoms with van der Waals surface area (Å²) in [6.07, 6.45) is -1.06. The van der Waals surface area contributed by atoms with Crippen LogP contribution in [0.5, 0.6) is 11.5 Å². The molecule has 0 saturated carbocycles. The molecule has 1 N–H and O–H groups in total. The highest BCUT2D eigenvalue weighted by Crippen LogP contribution is 2.26. The monoisotopic (exact) mass is 397 g/mol. The van der Waals surface area contributed by atoms with E-state index >= 15 is 0 Å². The molecule has 0 fully saturated rings. The lowest BCUT2D eigenvalue weighted by atomic mass is 10.2. The van der Waals surface area contributed by atoms with Crippen molar-refractivity contribution in [1.82, 2.24) is 0 Å². The fraction of sp³-hybridized carbons (Fsp3) is 0.222. The molecule has 26 heavy (non-hydrogen) atoms. The highest BCUT2D eigenvalue weighted by atomic mass is 35.5. The number of carbonyl (C=O) groups is 2. The molecule has 6 nitrogen and oxygen atoms in total. The first-order valence-corrected chi connectivity index (χ1v) is 8.29. The fourth-order valence-electron chi connectivity index (χ4n) is 2.04. The van der Waals surface area contributed by atoms with E-state index in [4.69, 9.17) is 37.4 Å². The van der Waals surface area contributed by atoms with Crippen LogP contribution in [-0.2, 0) is 9.53 Å². The molecule has 0 unspecified atom stereocenters. The zero-order chi connectivity index (χ0) is 19.3. The first-order valence-electron chi connectivity index (χ1n) is 7.54. The van der Waals surface area contributed by atoms with E-state index in [9.17, 15) is 9.59 Å². The highest BCUT2D eigenvalue weighted by molar-refractivity contribution is 6.35. The van der Waals surface area contributed by atoms with E-state index in [1.807, 2.05) is 0 Å². The maximum Gasteiger partial charge on any atom is 0.339 e. The van der Waals surface area contributed by atoms with Crippen molar-refractivity contribution in [2.75, 3.05) is 19.5 Å².